The van der Waals surface area contributed by atoms with Crippen molar-refractivity contribution in [1.82, 2.24) is 10.3 Å². The summed E-state index contributed by atoms with van der Waals surface area (Å²) in [6.07, 6.45) is 2.71. The lowest BCUT2D eigenvalue weighted by Crippen LogP contribution is -2.27. The fourth-order valence-corrected chi connectivity index (χ4v) is 2.92. The van der Waals surface area contributed by atoms with E-state index in [1.54, 1.807) is 11.3 Å². The molecule has 1 unspecified atom stereocenters. The molecule has 15 heavy (non-hydrogen) atoms. The highest BCUT2D eigenvalue weighted by Gasteiger charge is 2.31. The van der Waals surface area contributed by atoms with Crippen molar-refractivity contribution in [3.8, 4) is 0 Å². The van der Waals surface area contributed by atoms with Crippen molar-refractivity contribution < 1.29 is 4.39 Å². The van der Waals surface area contributed by atoms with E-state index in [-0.39, 0.29) is 0 Å². The Morgan fingerprint density at radius 1 is 1.53 bits per heavy atom. The van der Waals surface area contributed by atoms with Crippen molar-refractivity contribution in [3.63, 3.8) is 0 Å². The summed E-state index contributed by atoms with van der Waals surface area (Å²) in [5, 5.41) is 6.17. The van der Waals surface area contributed by atoms with E-state index in [1.807, 2.05) is 12.3 Å². The molecule has 2 heterocycles. The lowest BCUT2D eigenvalue weighted by molar-refractivity contribution is 0.144. The fraction of sp³-hybridized carbons (Fsp3) is 0.727. The van der Waals surface area contributed by atoms with Gasteiger partial charge in [0.05, 0.1) is 5.01 Å². The first-order chi connectivity index (χ1) is 7.18. The highest BCUT2D eigenvalue weighted by Crippen LogP contribution is 2.29. The summed E-state index contributed by atoms with van der Waals surface area (Å²) in [6, 6.07) is 0. The molecule has 2 nitrogen and oxygen atoms in total. The molecule has 1 fully saturated rings. The van der Waals surface area contributed by atoms with Crippen LogP contribution in [0, 0.1) is 6.92 Å². The number of aryl methyl sites for hydroxylation is 1. The number of hydrogen-bond donors (Lipinski definition) is 1. The van der Waals surface area contributed by atoms with Gasteiger partial charge in [-0.15, -0.1) is 11.3 Å². The number of thiazole rings is 1. The third-order valence-electron chi connectivity index (χ3n) is 2.86. The van der Waals surface area contributed by atoms with Gasteiger partial charge in [-0.1, -0.05) is 0 Å². The second-order valence-corrected chi connectivity index (χ2v) is 5.26. The minimum absolute atomic E-state index is 0.493. The SMILES string of the molecule is Cc1csc(CC2(F)CCCNCC2)n1. The molecular weight excluding hydrogens is 211 g/mol. The predicted molar refractivity (Wildman–Crippen MR) is 61.1 cm³/mol. The molecule has 4 heteroatoms. The fourth-order valence-electron chi connectivity index (χ4n) is 2.02. The Balaban J connectivity index is 2.02. The van der Waals surface area contributed by atoms with Crippen LogP contribution in [0.15, 0.2) is 5.38 Å². The van der Waals surface area contributed by atoms with E-state index in [2.05, 4.69) is 10.3 Å². The summed E-state index contributed by atoms with van der Waals surface area (Å²) < 4.78 is 14.5. The summed E-state index contributed by atoms with van der Waals surface area (Å²) >= 11 is 1.58. The number of nitrogens with one attached hydrogen (secondary N) is 1. The standard InChI is InChI=1S/C11H17FN2S/c1-9-8-15-10(14-9)7-11(12)3-2-5-13-6-4-11/h8,13H,2-7H2,1H3. The van der Waals surface area contributed by atoms with E-state index in [0.29, 0.717) is 19.3 Å². The second kappa shape index (κ2) is 4.58. The summed E-state index contributed by atoms with van der Waals surface area (Å²) in [4.78, 5) is 4.34. The van der Waals surface area contributed by atoms with E-state index in [1.165, 1.54) is 0 Å². The molecule has 0 spiro atoms. The quantitative estimate of drug-likeness (QED) is 0.841. The molecule has 0 saturated carbocycles. The zero-order valence-electron chi connectivity index (χ0n) is 9.05. The molecule has 2 rings (SSSR count). The first-order valence-electron chi connectivity index (χ1n) is 5.49. The smallest absolute Gasteiger partial charge is 0.118 e. The molecule has 0 aliphatic carbocycles. The molecule has 0 aromatic carbocycles. The van der Waals surface area contributed by atoms with Crippen LogP contribution in [0.25, 0.3) is 0 Å². The lowest BCUT2D eigenvalue weighted by atomic mass is 9.93. The van der Waals surface area contributed by atoms with E-state index >= 15 is 0 Å². The van der Waals surface area contributed by atoms with Crippen LogP contribution >= 0.6 is 11.3 Å². The maximum atomic E-state index is 14.5. The summed E-state index contributed by atoms with van der Waals surface area (Å²) in [5.41, 5.74) is -0.0290. The Kier molecular flexibility index (Phi) is 3.36. The van der Waals surface area contributed by atoms with Crippen molar-refractivity contribution in [1.29, 1.82) is 0 Å². The van der Waals surface area contributed by atoms with Gasteiger partial charge in [0.2, 0.25) is 0 Å². The van der Waals surface area contributed by atoms with E-state index < -0.39 is 5.67 Å². The zero-order valence-corrected chi connectivity index (χ0v) is 9.87. The van der Waals surface area contributed by atoms with Gasteiger partial charge in [-0.25, -0.2) is 9.37 Å². The van der Waals surface area contributed by atoms with Crippen LogP contribution < -0.4 is 5.32 Å². The van der Waals surface area contributed by atoms with Crippen molar-refractivity contribution in [2.24, 2.45) is 0 Å². The highest BCUT2D eigenvalue weighted by molar-refractivity contribution is 7.09. The van der Waals surface area contributed by atoms with Crippen LogP contribution in [0.2, 0.25) is 0 Å². The third kappa shape index (κ3) is 2.98. The number of hydrogen-bond acceptors (Lipinski definition) is 3. The van der Waals surface area contributed by atoms with Crippen LogP contribution in [-0.2, 0) is 6.42 Å². The zero-order chi connectivity index (χ0) is 10.7. The largest absolute Gasteiger partial charge is 0.317 e. The van der Waals surface area contributed by atoms with Gasteiger partial charge in [0.1, 0.15) is 5.67 Å². The number of halogens is 1. The predicted octanol–water partition coefficient (Wildman–Crippen LogP) is 2.48. The minimum Gasteiger partial charge on any atom is -0.317 e. The van der Waals surface area contributed by atoms with Gasteiger partial charge in [0.15, 0.2) is 0 Å². The second-order valence-electron chi connectivity index (χ2n) is 4.31. The molecule has 1 atom stereocenters. The lowest BCUT2D eigenvalue weighted by Gasteiger charge is -2.21. The Labute approximate surface area is 93.9 Å². The summed E-state index contributed by atoms with van der Waals surface area (Å²) in [5.74, 6) is 0. The Morgan fingerprint density at radius 2 is 2.40 bits per heavy atom. The van der Waals surface area contributed by atoms with E-state index in [9.17, 15) is 4.39 Å². The molecule has 84 valence electrons. The molecular formula is C11H17FN2S. The average molecular weight is 228 g/mol. The molecule has 1 N–H and O–H groups in total. The molecule has 0 radical (unpaired) electrons. The summed E-state index contributed by atoms with van der Waals surface area (Å²) in [6.45, 7) is 3.70. The molecule has 0 amide bonds. The normalized spacial score (nSPS) is 27.6. The first-order valence-corrected chi connectivity index (χ1v) is 6.37. The molecule has 1 aliphatic heterocycles. The molecule has 1 saturated heterocycles. The van der Waals surface area contributed by atoms with Gasteiger partial charge in [-0.2, -0.15) is 0 Å². The maximum Gasteiger partial charge on any atom is 0.118 e. The van der Waals surface area contributed by atoms with Gasteiger partial charge in [-0.05, 0) is 39.3 Å². The topological polar surface area (TPSA) is 24.9 Å². The van der Waals surface area contributed by atoms with Gasteiger partial charge in [0, 0.05) is 17.5 Å². The maximum absolute atomic E-state index is 14.5. The Bertz CT molecular complexity index is 316. The highest BCUT2D eigenvalue weighted by atomic mass is 32.1. The summed E-state index contributed by atoms with van der Waals surface area (Å²) in [7, 11) is 0. The van der Waals surface area contributed by atoms with Crippen molar-refractivity contribution >= 4 is 11.3 Å². The molecule has 1 aromatic rings. The molecule has 0 bridgehead atoms. The van der Waals surface area contributed by atoms with Crippen LogP contribution in [0.5, 0.6) is 0 Å². The van der Waals surface area contributed by atoms with E-state index in [0.717, 1.165) is 30.2 Å². The Hall–Kier alpha value is -0.480. The van der Waals surface area contributed by atoms with E-state index in [4.69, 9.17) is 0 Å². The molecule has 1 aliphatic rings. The number of nitrogens with zero attached hydrogens (tertiary/aromatic N) is 1. The van der Waals surface area contributed by atoms with Crippen LogP contribution in [0.1, 0.15) is 30.0 Å². The van der Waals surface area contributed by atoms with Crippen molar-refractivity contribution in [3.05, 3.63) is 16.1 Å². The minimum atomic E-state index is -1.03. The first kappa shape index (κ1) is 11.0. The van der Waals surface area contributed by atoms with Crippen LogP contribution in [-0.4, -0.2) is 23.7 Å². The number of alkyl halides is 1. The van der Waals surface area contributed by atoms with Gasteiger partial charge >= 0.3 is 0 Å². The number of aromatic nitrogens is 1. The average Bonchev–Trinajstić information content (AvgIpc) is 2.46. The molecule has 1 aromatic heterocycles. The third-order valence-corrected chi connectivity index (χ3v) is 3.83. The van der Waals surface area contributed by atoms with Crippen molar-refractivity contribution in [2.75, 3.05) is 13.1 Å². The number of rotatable bonds is 2. The Morgan fingerprint density at radius 3 is 3.13 bits per heavy atom. The van der Waals surface area contributed by atoms with Crippen LogP contribution in [0.4, 0.5) is 4.39 Å². The van der Waals surface area contributed by atoms with Gasteiger partial charge < -0.3 is 5.32 Å². The van der Waals surface area contributed by atoms with Gasteiger partial charge in [0.25, 0.3) is 0 Å². The monoisotopic (exact) mass is 228 g/mol. The van der Waals surface area contributed by atoms with Gasteiger partial charge in [-0.3, -0.25) is 0 Å². The van der Waals surface area contributed by atoms with Crippen LogP contribution in [0.3, 0.4) is 0 Å². The van der Waals surface area contributed by atoms with Crippen molar-refractivity contribution in [2.45, 2.75) is 38.3 Å².